The Morgan fingerprint density at radius 3 is 2.70 bits per heavy atom. The summed E-state index contributed by atoms with van der Waals surface area (Å²) >= 11 is 3.45. The van der Waals surface area contributed by atoms with E-state index in [0.717, 1.165) is 26.5 Å². The molecule has 0 spiro atoms. The number of amides is 1. The molecule has 0 bridgehead atoms. The van der Waals surface area contributed by atoms with E-state index in [4.69, 9.17) is 4.42 Å². The van der Waals surface area contributed by atoms with Gasteiger partial charge in [-0.2, -0.15) is 5.10 Å². The van der Waals surface area contributed by atoms with E-state index in [2.05, 4.69) is 31.3 Å². The molecule has 2 heterocycles. The maximum Gasteiger partial charge on any atom is 0.287 e. The molecule has 136 valence electrons. The summed E-state index contributed by atoms with van der Waals surface area (Å²) in [6.45, 7) is 3.00. The van der Waals surface area contributed by atoms with Gasteiger partial charge < -0.3 is 9.73 Å². The second kappa shape index (κ2) is 7.36. The number of carbonyl (C=O) groups is 1. The van der Waals surface area contributed by atoms with E-state index in [-0.39, 0.29) is 5.91 Å². The van der Waals surface area contributed by atoms with Gasteiger partial charge in [0.05, 0.1) is 6.54 Å². The molecule has 1 N–H and O–H groups in total. The van der Waals surface area contributed by atoms with Crippen LogP contribution >= 0.6 is 15.9 Å². The molecule has 7 heteroatoms. The molecule has 4 rings (SSSR count). The highest BCUT2D eigenvalue weighted by atomic mass is 79.9. The molecule has 2 aromatic heterocycles. The van der Waals surface area contributed by atoms with Crippen molar-refractivity contribution in [3.8, 4) is 0 Å². The van der Waals surface area contributed by atoms with Crippen molar-refractivity contribution in [3.05, 3.63) is 82.0 Å². The SMILES string of the molecule is Cc1c(C(=O)NCc2ccc(Cn3cncn3)cc2)oc2ccc(Br)cc12. The van der Waals surface area contributed by atoms with Crippen LogP contribution in [0.2, 0.25) is 0 Å². The first-order chi connectivity index (χ1) is 13.1. The lowest BCUT2D eigenvalue weighted by molar-refractivity contribution is 0.0924. The predicted molar refractivity (Wildman–Crippen MR) is 105 cm³/mol. The third kappa shape index (κ3) is 3.78. The fourth-order valence-corrected chi connectivity index (χ4v) is 3.30. The summed E-state index contributed by atoms with van der Waals surface area (Å²) in [5.74, 6) is 0.136. The molecule has 0 saturated heterocycles. The Balaban J connectivity index is 1.42. The lowest BCUT2D eigenvalue weighted by atomic mass is 10.1. The van der Waals surface area contributed by atoms with Gasteiger partial charge in [-0.3, -0.25) is 4.79 Å². The first kappa shape index (κ1) is 17.5. The number of hydrogen-bond acceptors (Lipinski definition) is 4. The molecule has 0 unspecified atom stereocenters. The number of benzene rings is 2. The maximum absolute atomic E-state index is 12.5. The van der Waals surface area contributed by atoms with Gasteiger partial charge in [0.2, 0.25) is 0 Å². The number of nitrogens with zero attached hydrogens (tertiary/aromatic N) is 3. The van der Waals surface area contributed by atoms with Crippen molar-refractivity contribution in [2.24, 2.45) is 0 Å². The highest BCUT2D eigenvalue weighted by molar-refractivity contribution is 9.10. The highest BCUT2D eigenvalue weighted by Gasteiger charge is 2.17. The van der Waals surface area contributed by atoms with Gasteiger partial charge in [-0.25, -0.2) is 9.67 Å². The summed E-state index contributed by atoms with van der Waals surface area (Å²) in [4.78, 5) is 16.5. The Hall–Kier alpha value is -2.93. The van der Waals surface area contributed by atoms with Gasteiger partial charge in [-0.05, 0) is 36.2 Å². The number of aromatic nitrogens is 3. The van der Waals surface area contributed by atoms with E-state index in [9.17, 15) is 4.79 Å². The van der Waals surface area contributed by atoms with Crippen molar-refractivity contribution < 1.29 is 9.21 Å². The summed E-state index contributed by atoms with van der Waals surface area (Å²) in [7, 11) is 0. The van der Waals surface area contributed by atoms with E-state index in [1.165, 1.54) is 6.33 Å². The van der Waals surface area contributed by atoms with Crippen LogP contribution in [0.1, 0.15) is 27.2 Å². The number of carbonyl (C=O) groups excluding carboxylic acids is 1. The molecule has 1 amide bonds. The van der Waals surface area contributed by atoms with Crippen LogP contribution in [0.5, 0.6) is 0 Å². The molecule has 27 heavy (non-hydrogen) atoms. The minimum atomic E-state index is -0.216. The normalized spacial score (nSPS) is 11.0. The Bertz CT molecular complexity index is 1090. The van der Waals surface area contributed by atoms with Crippen molar-refractivity contribution in [2.45, 2.75) is 20.0 Å². The molecular weight excluding hydrogens is 408 g/mol. The first-order valence-electron chi connectivity index (χ1n) is 8.47. The average Bonchev–Trinajstić information content (AvgIpc) is 3.29. The van der Waals surface area contributed by atoms with Crippen LogP contribution in [0.15, 0.2) is 64.0 Å². The van der Waals surface area contributed by atoms with Gasteiger partial charge in [0.15, 0.2) is 5.76 Å². The van der Waals surface area contributed by atoms with Crippen molar-refractivity contribution in [1.29, 1.82) is 0 Å². The number of fused-ring (bicyclic) bond motifs is 1. The minimum Gasteiger partial charge on any atom is -0.451 e. The average molecular weight is 425 g/mol. The number of furan rings is 1. The van der Waals surface area contributed by atoms with Crippen LogP contribution in [0.4, 0.5) is 0 Å². The molecule has 6 nitrogen and oxygen atoms in total. The zero-order chi connectivity index (χ0) is 18.8. The number of halogens is 1. The summed E-state index contributed by atoms with van der Waals surface area (Å²) in [6, 6.07) is 13.7. The molecule has 0 aliphatic heterocycles. The standard InChI is InChI=1S/C20H17BrN4O2/c1-13-17-8-16(21)6-7-18(17)27-19(13)20(26)23-9-14-2-4-15(5-3-14)10-25-12-22-11-24-25/h2-8,11-12H,9-10H2,1H3,(H,23,26). The third-order valence-corrected chi connectivity index (χ3v) is 4.88. The molecule has 4 aromatic rings. The van der Waals surface area contributed by atoms with E-state index < -0.39 is 0 Å². The molecule has 0 atom stereocenters. The maximum atomic E-state index is 12.5. The Labute approximate surface area is 164 Å². The minimum absolute atomic E-state index is 0.216. The second-order valence-electron chi connectivity index (χ2n) is 6.29. The molecule has 2 aromatic carbocycles. The highest BCUT2D eigenvalue weighted by Crippen LogP contribution is 2.28. The van der Waals surface area contributed by atoms with Crippen LogP contribution in [0, 0.1) is 6.92 Å². The summed E-state index contributed by atoms with van der Waals surface area (Å²) in [6.07, 6.45) is 3.20. The van der Waals surface area contributed by atoms with Crippen LogP contribution in [0.3, 0.4) is 0 Å². The van der Waals surface area contributed by atoms with Gasteiger partial charge in [0.25, 0.3) is 5.91 Å². The third-order valence-electron chi connectivity index (χ3n) is 4.39. The van der Waals surface area contributed by atoms with E-state index in [1.54, 1.807) is 11.0 Å². The molecule has 0 radical (unpaired) electrons. The van der Waals surface area contributed by atoms with Crippen molar-refractivity contribution >= 4 is 32.8 Å². The summed E-state index contributed by atoms with van der Waals surface area (Å²) in [5.41, 5.74) is 3.68. The van der Waals surface area contributed by atoms with Crippen LogP contribution in [-0.2, 0) is 13.1 Å². The lowest BCUT2D eigenvalue weighted by Crippen LogP contribution is -2.22. The van der Waals surface area contributed by atoms with Gasteiger partial charge in [-0.1, -0.05) is 40.2 Å². The zero-order valence-corrected chi connectivity index (χ0v) is 16.2. The van der Waals surface area contributed by atoms with E-state index >= 15 is 0 Å². The van der Waals surface area contributed by atoms with Gasteiger partial charge in [0.1, 0.15) is 18.2 Å². The number of hydrogen-bond donors (Lipinski definition) is 1. The predicted octanol–water partition coefficient (Wildman–Crippen LogP) is 4.07. The first-order valence-corrected chi connectivity index (χ1v) is 9.26. The second-order valence-corrected chi connectivity index (χ2v) is 7.20. The number of aryl methyl sites for hydroxylation is 1. The fraction of sp³-hybridized carbons (Fsp3) is 0.150. The molecule has 0 aliphatic rings. The fourth-order valence-electron chi connectivity index (χ4n) is 2.94. The Morgan fingerprint density at radius 2 is 1.96 bits per heavy atom. The number of nitrogens with one attached hydrogen (secondary N) is 1. The van der Waals surface area contributed by atoms with Gasteiger partial charge >= 0.3 is 0 Å². The zero-order valence-electron chi connectivity index (χ0n) is 14.6. The molecular formula is C20H17BrN4O2. The summed E-state index contributed by atoms with van der Waals surface area (Å²) in [5, 5.41) is 7.96. The van der Waals surface area contributed by atoms with Gasteiger partial charge in [-0.15, -0.1) is 0 Å². The van der Waals surface area contributed by atoms with Crippen molar-refractivity contribution in [2.75, 3.05) is 0 Å². The lowest BCUT2D eigenvalue weighted by Gasteiger charge is -2.06. The van der Waals surface area contributed by atoms with Crippen LogP contribution in [-0.4, -0.2) is 20.7 Å². The number of rotatable bonds is 5. The van der Waals surface area contributed by atoms with Crippen molar-refractivity contribution in [3.63, 3.8) is 0 Å². The van der Waals surface area contributed by atoms with Crippen LogP contribution < -0.4 is 5.32 Å². The molecule has 0 fully saturated rings. The Kier molecular flexibility index (Phi) is 4.77. The quantitative estimate of drug-likeness (QED) is 0.523. The largest absolute Gasteiger partial charge is 0.451 e. The topological polar surface area (TPSA) is 73.0 Å². The monoisotopic (exact) mass is 424 g/mol. The molecule has 0 saturated carbocycles. The van der Waals surface area contributed by atoms with Crippen molar-refractivity contribution in [1.82, 2.24) is 20.1 Å². The van der Waals surface area contributed by atoms with E-state index in [1.807, 2.05) is 49.4 Å². The summed E-state index contributed by atoms with van der Waals surface area (Å²) < 4.78 is 8.45. The van der Waals surface area contributed by atoms with Crippen LogP contribution in [0.25, 0.3) is 11.0 Å². The molecule has 0 aliphatic carbocycles. The Morgan fingerprint density at radius 1 is 1.19 bits per heavy atom. The van der Waals surface area contributed by atoms with Gasteiger partial charge in [0, 0.05) is 22.0 Å². The smallest absolute Gasteiger partial charge is 0.287 e. The van der Waals surface area contributed by atoms with E-state index in [0.29, 0.717) is 24.4 Å².